The summed E-state index contributed by atoms with van der Waals surface area (Å²) in [6, 6.07) is 0. The summed E-state index contributed by atoms with van der Waals surface area (Å²) in [6.45, 7) is 2.03. The molecule has 0 bridgehead atoms. The highest BCUT2D eigenvalue weighted by molar-refractivity contribution is 5.89. The van der Waals surface area contributed by atoms with Crippen molar-refractivity contribution in [2.45, 2.75) is 63.4 Å². The van der Waals surface area contributed by atoms with Gasteiger partial charge in [0.25, 0.3) is 5.92 Å². The van der Waals surface area contributed by atoms with Crippen molar-refractivity contribution in [2.24, 2.45) is 11.8 Å². The number of hydrogen-bond acceptors (Lipinski definition) is 4. The van der Waals surface area contributed by atoms with Crippen molar-refractivity contribution in [1.82, 2.24) is 0 Å². The molecule has 1 aliphatic heterocycles. The van der Waals surface area contributed by atoms with Crippen LogP contribution in [0.25, 0.3) is 0 Å². The molecular formula is C15H22F2O4. The number of ketones is 1. The van der Waals surface area contributed by atoms with E-state index < -0.39 is 36.3 Å². The summed E-state index contributed by atoms with van der Waals surface area (Å²) in [4.78, 5) is 11.7. The van der Waals surface area contributed by atoms with Gasteiger partial charge in [0.05, 0.1) is 0 Å². The minimum absolute atomic E-state index is 0.0519. The Morgan fingerprint density at radius 2 is 2.10 bits per heavy atom. The van der Waals surface area contributed by atoms with Crippen LogP contribution in [-0.4, -0.2) is 40.4 Å². The van der Waals surface area contributed by atoms with Crippen LogP contribution in [0.2, 0.25) is 0 Å². The number of ether oxygens (including phenoxy) is 1. The first kappa shape index (κ1) is 16.5. The first-order chi connectivity index (χ1) is 9.87. The van der Waals surface area contributed by atoms with E-state index in [0.717, 1.165) is 19.3 Å². The molecule has 0 radical (unpaired) electrons. The monoisotopic (exact) mass is 304 g/mol. The van der Waals surface area contributed by atoms with Gasteiger partial charge in [0, 0.05) is 24.7 Å². The van der Waals surface area contributed by atoms with E-state index in [0.29, 0.717) is 6.42 Å². The number of alkyl halides is 2. The van der Waals surface area contributed by atoms with E-state index in [4.69, 9.17) is 4.74 Å². The van der Waals surface area contributed by atoms with Gasteiger partial charge in [0.15, 0.2) is 12.1 Å². The molecule has 21 heavy (non-hydrogen) atoms. The number of carbonyl (C=O) groups excluding carboxylic acids is 1. The van der Waals surface area contributed by atoms with Gasteiger partial charge in [-0.2, -0.15) is 0 Å². The molecule has 1 heterocycles. The lowest BCUT2D eigenvalue weighted by molar-refractivity contribution is -0.198. The maximum absolute atomic E-state index is 13.9. The number of rotatable bonds is 6. The average Bonchev–Trinajstić information content (AvgIpc) is 2.87. The lowest BCUT2D eigenvalue weighted by atomic mass is 9.91. The number of unbranched alkanes of at least 4 members (excludes halogenated alkanes) is 2. The number of halogens is 2. The number of aliphatic hydroxyl groups excluding tert-OH is 2. The van der Waals surface area contributed by atoms with E-state index in [1.807, 2.05) is 6.92 Å². The van der Waals surface area contributed by atoms with Gasteiger partial charge in [-0.1, -0.05) is 25.8 Å². The van der Waals surface area contributed by atoms with Crippen molar-refractivity contribution in [3.8, 4) is 0 Å². The van der Waals surface area contributed by atoms with E-state index in [-0.39, 0.29) is 12.2 Å². The Labute approximate surface area is 122 Å². The second-order valence-electron chi connectivity index (χ2n) is 5.89. The molecule has 0 aromatic rings. The molecule has 0 aromatic carbocycles. The Balaban J connectivity index is 2.00. The Morgan fingerprint density at radius 3 is 2.76 bits per heavy atom. The van der Waals surface area contributed by atoms with Gasteiger partial charge >= 0.3 is 0 Å². The third kappa shape index (κ3) is 3.33. The summed E-state index contributed by atoms with van der Waals surface area (Å²) in [5.41, 5.74) is 0. The summed E-state index contributed by atoms with van der Waals surface area (Å²) in [6.07, 6.45) is 1.23. The van der Waals surface area contributed by atoms with Crippen molar-refractivity contribution in [1.29, 1.82) is 0 Å². The van der Waals surface area contributed by atoms with Crippen molar-refractivity contribution >= 4 is 5.78 Å². The second-order valence-corrected chi connectivity index (χ2v) is 5.89. The van der Waals surface area contributed by atoms with Crippen LogP contribution in [0.4, 0.5) is 8.78 Å². The molecule has 1 saturated carbocycles. The molecule has 0 aromatic heterocycles. The minimum atomic E-state index is -3.40. The van der Waals surface area contributed by atoms with Crippen molar-refractivity contribution in [2.75, 3.05) is 0 Å². The van der Waals surface area contributed by atoms with Crippen molar-refractivity contribution in [3.05, 3.63) is 12.2 Å². The van der Waals surface area contributed by atoms with Crippen molar-refractivity contribution in [3.63, 3.8) is 0 Å². The lowest BCUT2D eigenvalue weighted by Gasteiger charge is -2.21. The fourth-order valence-corrected chi connectivity index (χ4v) is 3.18. The molecule has 120 valence electrons. The standard InChI is InChI=1S/C15H22F2O4/c1-2-3-4-5-9(18)6-7-10-11-8-12(19)21-14(11)15(16,17)13(10)20/h6-7,10-14,19-20H,2-5,8H2,1H3/t10-,11-,12?,13+,14-/m1/s1. The smallest absolute Gasteiger partial charge is 0.299 e. The Bertz CT molecular complexity index is 410. The molecule has 1 unspecified atom stereocenters. The largest absolute Gasteiger partial charge is 0.386 e. The lowest BCUT2D eigenvalue weighted by Crippen LogP contribution is -2.40. The minimum Gasteiger partial charge on any atom is -0.386 e. The van der Waals surface area contributed by atoms with Crippen LogP contribution in [0.1, 0.15) is 39.0 Å². The molecule has 0 spiro atoms. The average molecular weight is 304 g/mol. The molecule has 2 aliphatic rings. The van der Waals surface area contributed by atoms with Gasteiger partial charge < -0.3 is 14.9 Å². The quantitative estimate of drug-likeness (QED) is 0.582. The molecule has 5 atom stereocenters. The van der Waals surface area contributed by atoms with Crippen LogP contribution in [0.15, 0.2) is 12.2 Å². The zero-order chi connectivity index (χ0) is 15.6. The van der Waals surface area contributed by atoms with Gasteiger partial charge in [-0.05, 0) is 12.5 Å². The summed E-state index contributed by atoms with van der Waals surface area (Å²) in [5.74, 6) is -5.05. The van der Waals surface area contributed by atoms with Crippen LogP contribution in [0.3, 0.4) is 0 Å². The van der Waals surface area contributed by atoms with Crippen LogP contribution < -0.4 is 0 Å². The molecule has 2 N–H and O–H groups in total. The Hall–Kier alpha value is -0.850. The zero-order valence-electron chi connectivity index (χ0n) is 12.0. The SMILES string of the molecule is CCCCCC(=O)C=C[C@@H]1[C@H]2CC(O)O[C@H]2C(F)(F)[C@H]1O. The normalized spacial score (nSPS) is 38.0. The molecule has 2 fully saturated rings. The fourth-order valence-electron chi connectivity index (χ4n) is 3.18. The Morgan fingerprint density at radius 1 is 1.38 bits per heavy atom. The summed E-state index contributed by atoms with van der Waals surface area (Å²) < 4.78 is 32.6. The molecule has 6 heteroatoms. The maximum Gasteiger partial charge on any atom is 0.299 e. The topological polar surface area (TPSA) is 66.8 Å². The molecule has 2 rings (SSSR count). The first-order valence-corrected chi connectivity index (χ1v) is 7.48. The molecule has 1 aliphatic carbocycles. The van der Waals surface area contributed by atoms with Gasteiger partial charge in [-0.3, -0.25) is 4.79 Å². The van der Waals surface area contributed by atoms with Crippen LogP contribution in [-0.2, 0) is 9.53 Å². The first-order valence-electron chi connectivity index (χ1n) is 7.48. The van der Waals surface area contributed by atoms with E-state index in [1.54, 1.807) is 0 Å². The summed E-state index contributed by atoms with van der Waals surface area (Å²) in [5, 5.41) is 19.1. The van der Waals surface area contributed by atoms with E-state index in [1.165, 1.54) is 12.2 Å². The zero-order valence-corrected chi connectivity index (χ0v) is 12.0. The third-order valence-corrected chi connectivity index (χ3v) is 4.33. The highest BCUT2D eigenvalue weighted by atomic mass is 19.3. The van der Waals surface area contributed by atoms with Crippen LogP contribution in [0, 0.1) is 11.8 Å². The molecule has 1 saturated heterocycles. The number of allylic oxidation sites excluding steroid dienone is 1. The third-order valence-electron chi connectivity index (χ3n) is 4.33. The van der Waals surface area contributed by atoms with Crippen LogP contribution >= 0.6 is 0 Å². The predicted octanol–water partition coefficient (Wildman–Crippen LogP) is 2.04. The summed E-state index contributed by atoms with van der Waals surface area (Å²) >= 11 is 0. The molecule has 4 nitrogen and oxygen atoms in total. The number of fused-ring (bicyclic) bond motifs is 1. The van der Waals surface area contributed by atoms with Gasteiger partial charge in [-0.25, -0.2) is 8.78 Å². The van der Waals surface area contributed by atoms with E-state index in [2.05, 4.69) is 0 Å². The van der Waals surface area contributed by atoms with Gasteiger partial charge in [-0.15, -0.1) is 0 Å². The highest BCUT2D eigenvalue weighted by Gasteiger charge is 2.65. The van der Waals surface area contributed by atoms with E-state index >= 15 is 0 Å². The second kappa shape index (κ2) is 6.50. The number of hydrogen-bond donors (Lipinski definition) is 2. The van der Waals surface area contributed by atoms with Gasteiger partial charge in [0.1, 0.15) is 12.2 Å². The van der Waals surface area contributed by atoms with E-state index in [9.17, 15) is 23.8 Å². The van der Waals surface area contributed by atoms with Gasteiger partial charge in [0.2, 0.25) is 0 Å². The predicted molar refractivity (Wildman–Crippen MR) is 71.7 cm³/mol. The number of carbonyl (C=O) groups is 1. The summed E-state index contributed by atoms with van der Waals surface area (Å²) in [7, 11) is 0. The highest BCUT2D eigenvalue weighted by Crippen LogP contribution is 2.51. The molecule has 0 amide bonds. The Kier molecular flexibility index (Phi) is 5.11. The van der Waals surface area contributed by atoms with Crippen molar-refractivity contribution < 1.29 is 28.5 Å². The maximum atomic E-state index is 13.9. The van der Waals surface area contributed by atoms with Crippen LogP contribution in [0.5, 0.6) is 0 Å². The number of aliphatic hydroxyl groups is 2. The fraction of sp³-hybridized carbons (Fsp3) is 0.800. The molecular weight excluding hydrogens is 282 g/mol.